The van der Waals surface area contributed by atoms with Crippen LogP contribution in [0.1, 0.15) is 24.0 Å². The molecule has 1 N–H and O–H groups in total. The van der Waals surface area contributed by atoms with Crippen molar-refractivity contribution in [1.29, 1.82) is 0 Å². The van der Waals surface area contributed by atoms with E-state index in [-0.39, 0.29) is 0 Å². The van der Waals surface area contributed by atoms with Crippen molar-refractivity contribution >= 4 is 5.69 Å². The molecule has 1 aromatic carbocycles. The molecule has 1 aliphatic rings. The topological polar surface area (TPSA) is 21.3 Å². The van der Waals surface area contributed by atoms with E-state index in [9.17, 15) is 0 Å². The number of nitrogens with one attached hydrogen (secondary N) is 1. The predicted octanol–water partition coefficient (Wildman–Crippen LogP) is 3.14. The van der Waals surface area contributed by atoms with Crippen LogP contribution in [0.2, 0.25) is 0 Å². The summed E-state index contributed by atoms with van der Waals surface area (Å²) in [6, 6.07) is 6.56. The lowest BCUT2D eigenvalue weighted by molar-refractivity contribution is 0.0595. The van der Waals surface area contributed by atoms with E-state index in [2.05, 4.69) is 37.4 Å². The number of benzene rings is 1. The average molecular weight is 219 g/mol. The van der Waals surface area contributed by atoms with Crippen molar-refractivity contribution < 1.29 is 4.74 Å². The van der Waals surface area contributed by atoms with Crippen molar-refractivity contribution in [1.82, 2.24) is 0 Å². The monoisotopic (exact) mass is 219 g/mol. The molecule has 1 atom stereocenters. The Morgan fingerprint density at radius 3 is 2.88 bits per heavy atom. The zero-order chi connectivity index (χ0) is 11.4. The first-order valence-electron chi connectivity index (χ1n) is 6.14. The SMILES string of the molecule is Cc1ccc(NCC2CCCOC2)cc1C. The van der Waals surface area contributed by atoms with Crippen LogP contribution in [0.3, 0.4) is 0 Å². The van der Waals surface area contributed by atoms with Crippen LogP contribution in [-0.2, 0) is 4.74 Å². The first-order chi connectivity index (χ1) is 7.75. The van der Waals surface area contributed by atoms with E-state index in [0.29, 0.717) is 5.92 Å². The standard InChI is InChI=1S/C14H21NO/c1-11-5-6-14(8-12(11)2)15-9-13-4-3-7-16-10-13/h5-6,8,13,15H,3-4,7,9-10H2,1-2H3. The van der Waals surface area contributed by atoms with E-state index in [1.165, 1.54) is 29.7 Å². The summed E-state index contributed by atoms with van der Waals surface area (Å²) in [5, 5.41) is 3.50. The third-order valence-electron chi connectivity index (χ3n) is 3.36. The highest BCUT2D eigenvalue weighted by Crippen LogP contribution is 2.17. The Morgan fingerprint density at radius 1 is 1.31 bits per heavy atom. The lowest BCUT2D eigenvalue weighted by Gasteiger charge is -2.22. The summed E-state index contributed by atoms with van der Waals surface area (Å²) in [6.07, 6.45) is 2.50. The van der Waals surface area contributed by atoms with E-state index < -0.39 is 0 Å². The largest absolute Gasteiger partial charge is 0.385 e. The number of hydrogen-bond donors (Lipinski definition) is 1. The van der Waals surface area contributed by atoms with E-state index in [0.717, 1.165) is 19.8 Å². The van der Waals surface area contributed by atoms with Crippen LogP contribution in [0.5, 0.6) is 0 Å². The second-order valence-electron chi connectivity index (χ2n) is 4.76. The Balaban J connectivity index is 1.86. The van der Waals surface area contributed by atoms with Gasteiger partial charge in [0.05, 0.1) is 6.61 Å². The summed E-state index contributed by atoms with van der Waals surface area (Å²) < 4.78 is 5.47. The maximum atomic E-state index is 5.47. The van der Waals surface area contributed by atoms with Crippen molar-refractivity contribution in [3.05, 3.63) is 29.3 Å². The molecule has 16 heavy (non-hydrogen) atoms. The van der Waals surface area contributed by atoms with Gasteiger partial charge in [-0.3, -0.25) is 0 Å². The minimum atomic E-state index is 0.676. The zero-order valence-electron chi connectivity index (χ0n) is 10.3. The van der Waals surface area contributed by atoms with Crippen LogP contribution in [0.4, 0.5) is 5.69 Å². The summed E-state index contributed by atoms with van der Waals surface area (Å²) in [5.41, 5.74) is 3.94. The average Bonchev–Trinajstić information content (AvgIpc) is 2.32. The molecule has 1 unspecified atom stereocenters. The first kappa shape index (κ1) is 11.5. The normalized spacial score (nSPS) is 20.8. The van der Waals surface area contributed by atoms with Crippen molar-refractivity contribution in [2.45, 2.75) is 26.7 Å². The number of rotatable bonds is 3. The van der Waals surface area contributed by atoms with Crippen molar-refractivity contribution in [2.24, 2.45) is 5.92 Å². The Hall–Kier alpha value is -1.02. The zero-order valence-corrected chi connectivity index (χ0v) is 10.3. The summed E-state index contributed by atoms with van der Waals surface area (Å²) >= 11 is 0. The molecular weight excluding hydrogens is 198 g/mol. The first-order valence-corrected chi connectivity index (χ1v) is 6.14. The Morgan fingerprint density at radius 2 is 2.19 bits per heavy atom. The Labute approximate surface area is 98.0 Å². The van der Waals surface area contributed by atoms with Gasteiger partial charge >= 0.3 is 0 Å². The maximum absolute atomic E-state index is 5.47. The van der Waals surface area contributed by atoms with E-state index >= 15 is 0 Å². The van der Waals surface area contributed by atoms with Gasteiger partial charge in [0.25, 0.3) is 0 Å². The van der Waals surface area contributed by atoms with E-state index in [1.54, 1.807) is 0 Å². The lowest BCUT2D eigenvalue weighted by atomic mass is 10.0. The van der Waals surface area contributed by atoms with Crippen LogP contribution < -0.4 is 5.32 Å². The fourth-order valence-corrected chi connectivity index (χ4v) is 2.08. The molecule has 2 heteroatoms. The van der Waals surface area contributed by atoms with Crippen LogP contribution >= 0.6 is 0 Å². The molecule has 1 aromatic rings. The van der Waals surface area contributed by atoms with Crippen LogP contribution in [0.15, 0.2) is 18.2 Å². The van der Waals surface area contributed by atoms with Gasteiger partial charge in [-0.25, -0.2) is 0 Å². The highest BCUT2D eigenvalue weighted by Gasteiger charge is 2.13. The van der Waals surface area contributed by atoms with Crippen molar-refractivity contribution in [2.75, 3.05) is 25.1 Å². The lowest BCUT2D eigenvalue weighted by Crippen LogP contribution is -2.24. The molecule has 0 spiro atoms. The van der Waals surface area contributed by atoms with Gasteiger partial charge in [-0.15, -0.1) is 0 Å². The molecule has 88 valence electrons. The molecule has 1 fully saturated rings. The van der Waals surface area contributed by atoms with Gasteiger partial charge in [0, 0.05) is 18.8 Å². The number of ether oxygens (including phenoxy) is 1. The van der Waals surface area contributed by atoms with E-state index in [4.69, 9.17) is 4.74 Å². The number of aryl methyl sites for hydroxylation is 2. The van der Waals surface area contributed by atoms with Crippen LogP contribution in [0.25, 0.3) is 0 Å². The summed E-state index contributed by atoms with van der Waals surface area (Å²) in [6.45, 7) is 7.19. The minimum absolute atomic E-state index is 0.676. The molecule has 0 radical (unpaired) electrons. The van der Waals surface area contributed by atoms with Gasteiger partial charge in [0.2, 0.25) is 0 Å². The second-order valence-corrected chi connectivity index (χ2v) is 4.76. The van der Waals surface area contributed by atoms with Crippen molar-refractivity contribution in [3.8, 4) is 0 Å². The molecule has 1 saturated heterocycles. The van der Waals surface area contributed by atoms with Gasteiger partial charge in [-0.2, -0.15) is 0 Å². The van der Waals surface area contributed by atoms with Crippen LogP contribution in [-0.4, -0.2) is 19.8 Å². The molecule has 2 nitrogen and oxygen atoms in total. The highest BCUT2D eigenvalue weighted by atomic mass is 16.5. The second kappa shape index (κ2) is 5.35. The van der Waals surface area contributed by atoms with E-state index in [1.807, 2.05) is 0 Å². The molecule has 0 bridgehead atoms. The Kier molecular flexibility index (Phi) is 3.83. The summed E-state index contributed by atoms with van der Waals surface area (Å²) in [5.74, 6) is 0.676. The molecular formula is C14H21NO. The molecule has 1 heterocycles. The van der Waals surface area contributed by atoms with Crippen LogP contribution in [0, 0.1) is 19.8 Å². The fraction of sp³-hybridized carbons (Fsp3) is 0.571. The Bertz CT molecular complexity index is 343. The molecule has 0 aromatic heterocycles. The van der Waals surface area contributed by atoms with Gasteiger partial charge in [0.15, 0.2) is 0 Å². The summed E-state index contributed by atoms with van der Waals surface area (Å²) in [4.78, 5) is 0. The smallest absolute Gasteiger partial charge is 0.0511 e. The van der Waals surface area contributed by atoms with Gasteiger partial charge in [-0.1, -0.05) is 6.07 Å². The highest BCUT2D eigenvalue weighted by molar-refractivity contribution is 5.48. The predicted molar refractivity (Wildman–Crippen MR) is 67.9 cm³/mol. The fourth-order valence-electron chi connectivity index (χ4n) is 2.08. The third kappa shape index (κ3) is 2.99. The molecule has 1 aliphatic heterocycles. The molecule has 0 saturated carbocycles. The minimum Gasteiger partial charge on any atom is -0.385 e. The summed E-state index contributed by atoms with van der Waals surface area (Å²) in [7, 11) is 0. The molecule has 0 aliphatic carbocycles. The van der Waals surface area contributed by atoms with Crippen molar-refractivity contribution in [3.63, 3.8) is 0 Å². The molecule has 2 rings (SSSR count). The van der Waals surface area contributed by atoms with Gasteiger partial charge < -0.3 is 10.1 Å². The number of hydrogen-bond acceptors (Lipinski definition) is 2. The number of anilines is 1. The quantitative estimate of drug-likeness (QED) is 0.843. The van der Waals surface area contributed by atoms with Gasteiger partial charge in [0.1, 0.15) is 0 Å². The molecule has 0 amide bonds. The van der Waals surface area contributed by atoms with Gasteiger partial charge in [-0.05, 0) is 55.9 Å². The third-order valence-corrected chi connectivity index (χ3v) is 3.36. The maximum Gasteiger partial charge on any atom is 0.0511 e.